The number of rotatable bonds is 6. The summed E-state index contributed by atoms with van der Waals surface area (Å²) in [5.41, 5.74) is 2.72. The second-order valence-electron chi connectivity index (χ2n) is 6.91. The minimum atomic E-state index is 0.305. The van der Waals surface area contributed by atoms with E-state index in [1.807, 2.05) is 0 Å². The number of hydrogen-bond acceptors (Lipinski definition) is 2. The van der Waals surface area contributed by atoms with Gasteiger partial charge in [-0.3, -0.25) is 0 Å². The van der Waals surface area contributed by atoms with Crippen molar-refractivity contribution in [3.05, 3.63) is 27.7 Å². The van der Waals surface area contributed by atoms with Gasteiger partial charge in [-0.25, -0.2) is 0 Å². The average molecular weight is 342 g/mol. The Morgan fingerprint density at radius 3 is 2.45 bits per heavy atom. The minimum absolute atomic E-state index is 0.305. The van der Waals surface area contributed by atoms with Crippen LogP contribution in [0.4, 0.5) is 0 Å². The molecule has 20 heavy (non-hydrogen) atoms. The molecular weight excluding hydrogens is 314 g/mol. The summed E-state index contributed by atoms with van der Waals surface area (Å²) in [5.74, 6) is 1.03. The van der Waals surface area contributed by atoms with Crippen LogP contribution in [0.25, 0.3) is 0 Å². The van der Waals surface area contributed by atoms with Gasteiger partial charge in [0.25, 0.3) is 0 Å². The van der Waals surface area contributed by atoms with E-state index in [9.17, 15) is 0 Å². The molecule has 0 saturated heterocycles. The van der Waals surface area contributed by atoms with Crippen LogP contribution >= 0.6 is 15.9 Å². The Bertz CT molecular complexity index is 435. The average Bonchev–Trinajstić information content (AvgIpc) is 2.27. The van der Waals surface area contributed by atoms with Gasteiger partial charge in [0.15, 0.2) is 0 Å². The van der Waals surface area contributed by atoms with Crippen LogP contribution in [0.1, 0.15) is 52.2 Å². The van der Waals surface area contributed by atoms with Gasteiger partial charge in [0.05, 0.1) is 6.61 Å². The predicted octanol–water partition coefficient (Wildman–Crippen LogP) is 5.07. The van der Waals surface area contributed by atoms with Crippen LogP contribution in [0.5, 0.6) is 5.75 Å². The van der Waals surface area contributed by atoms with Gasteiger partial charge >= 0.3 is 0 Å². The van der Waals surface area contributed by atoms with E-state index in [0.717, 1.165) is 29.8 Å². The highest BCUT2D eigenvalue weighted by Crippen LogP contribution is 2.29. The number of hydrogen-bond donors (Lipinski definition) is 1. The zero-order chi connectivity index (χ0) is 15.3. The van der Waals surface area contributed by atoms with Crippen LogP contribution in [0.3, 0.4) is 0 Å². The van der Waals surface area contributed by atoms with Crippen LogP contribution < -0.4 is 10.1 Å². The summed E-state index contributed by atoms with van der Waals surface area (Å²) >= 11 is 3.57. The molecule has 0 radical (unpaired) electrons. The molecule has 0 saturated carbocycles. The number of nitrogens with one attached hydrogen (secondary N) is 1. The summed E-state index contributed by atoms with van der Waals surface area (Å²) in [6, 6.07) is 4.73. The van der Waals surface area contributed by atoms with Gasteiger partial charge in [0.1, 0.15) is 5.75 Å². The molecule has 0 amide bonds. The fraction of sp³-hybridized carbons (Fsp3) is 0.647. The summed E-state index contributed by atoms with van der Waals surface area (Å²) in [7, 11) is 0. The van der Waals surface area contributed by atoms with Gasteiger partial charge in [-0.15, -0.1) is 0 Å². The van der Waals surface area contributed by atoms with Crippen LogP contribution in [0.2, 0.25) is 0 Å². The molecule has 0 aliphatic carbocycles. The van der Waals surface area contributed by atoms with Gasteiger partial charge in [-0.05, 0) is 36.5 Å². The first-order valence-electron chi connectivity index (χ1n) is 7.34. The third-order valence-electron chi connectivity index (χ3n) is 3.12. The molecule has 0 unspecified atom stereocenters. The molecule has 1 N–H and O–H groups in total. The van der Waals surface area contributed by atoms with E-state index < -0.39 is 0 Å². The molecule has 0 spiro atoms. The Morgan fingerprint density at radius 1 is 1.25 bits per heavy atom. The van der Waals surface area contributed by atoms with E-state index in [1.165, 1.54) is 11.1 Å². The summed E-state index contributed by atoms with van der Waals surface area (Å²) in [6.07, 6.45) is 1.06. The monoisotopic (exact) mass is 341 g/mol. The maximum Gasteiger partial charge on any atom is 0.126 e. The number of halogens is 1. The molecule has 1 aromatic carbocycles. The summed E-state index contributed by atoms with van der Waals surface area (Å²) < 4.78 is 7.18. The van der Waals surface area contributed by atoms with E-state index in [2.05, 4.69) is 74.9 Å². The van der Waals surface area contributed by atoms with Gasteiger partial charge in [-0.2, -0.15) is 0 Å². The molecule has 0 atom stereocenters. The molecular formula is C17H28BrNO. The van der Waals surface area contributed by atoms with Crippen molar-refractivity contribution in [2.24, 2.45) is 5.41 Å². The van der Waals surface area contributed by atoms with Crippen LogP contribution in [0, 0.1) is 12.3 Å². The highest BCUT2D eigenvalue weighted by molar-refractivity contribution is 9.10. The highest BCUT2D eigenvalue weighted by atomic mass is 79.9. The van der Waals surface area contributed by atoms with Crippen molar-refractivity contribution < 1.29 is 4.74 Å². The van der Waals surface area contributed by atoms with Crippen LogP contribution in [-0.4, -0.2) is 12.6 Å². The standard InChI is InChI=1S/C17H28BrNO/c1-12(2)19-11-14-10-15(18)9-13(3)16(14)20-8-7-17(4,5)6/h9-10,12,19H,7-8,11H2,1-6H3. The minimum Gasteiger partial charge on any atom is -0.493 e. The lowest BCUT2D eigenvalue weighted by Crippen LogP contribution is -2.22. The molecule has 0 bridgehead atoms. The van der Waals surface area contributed by atoms with Gasteiger partial charge in [0.2, 0.25) is 0 Å². The molecule has 0 aromatic heterocycles. The fourth-order valence-electron chi connectivity index (χ4n) is 1.91. The SMILES string of the molecule is Cc1cc(Br)cc(CNC(C)C)c1OCCC(C)(C)C. The summed E-state index contributed by atoms with van der Waals surface area (Å²) in [5, 5.41) is 3.46. The normalized spacial score (nSPS) is 12.0. The lowest BCUT2D eigenvalue weighted by molar-refractivity contribution is 0.239. The van der Waals surface area contributed by atoms with Gasteiger partial charge in [-0.1, -0.05) is 50.5 Å². The first-order chi connectivity index (χ1) is 9.19. The Morgan fingerprint density at radius 2 is 1.90 bits per heavy atom. The number of aryl methyl sites for hydroxylation is 1. The fourth-order valence-corrected chi connectivity index (χ4v) is 2.53. The van der Waals surface area contributed by atoms with Crippen molar-refractivity contribution in [1.29, 1.82) is 0 Å². The Labute approximate surface area is 132 Å². The smallest absolute Gasteiger partial charge is 0.126 e. The first kappa shape index (κ1) is 17.5. The molecule has 3 heteroatoms. The van der Waals surface area contributed by atoms with E-state index in [1.54, 1.807) is 0 Å². The number of benzene rings is 1. The van der Waals surface area contributed by atoms with Crippen molar-refractivity contribution in [3.63, 3.8) is 0 Å². The Hall–Kier alpha value is -0.540. The maximum absolute atomic E-state index is 6.07. The summed E-state index contributed by atoms with van der Waals surface area (Å²) in [6.45, 7) is 14.7. The topological polar surface area (TPSA) is 21.3 Å². The van der Waals surface area contributed by atoms with Crippen molar-refractivity contribution in [2.75, 3.05) is 6.61 Å². The molecule has 0 fully saturated rings. The van der Waals surface area contributed by atoms with E-state index >= 15 is 0 Å². The molecule has 1 rings (SSSR count). The van der Waals surface area contributed by atoms with E-state index in [4.69, 9.17) is 4.74 Å². The Kier molecular flexibility index (Phi) is 6.53. The molecule has 1 aromatic rings. The zero-order valence-electron chi connectivity index (χ0n) is 13.6. The second kappa shape index (κ2) is 7.46. The molecule has 0 aliphatic rings. The molecule has 114 valence electrons. The number of ether oxygens (including phenoxy) is 1. The van der Waals surface area contributed by atoms with Crippen LogP contribution in [-0.2, 0) is 6.54 Å². The van der Waals surface area contributed by atoms with E-state index in [-0.39, 0.29) is 0 Å². The maximum atomic E-state index is 6.07. The Balaban J connectivity index is 2.81. The predicted molar refractivity (Wildman–Crippen MR) is 90.4 cm³/mol. The lowest BCUT2D eigenvalue weighted by atomic mass is 9.93. The van der Waals surface area contributed by atoms with Crippen molar-refractivity contribution >= 4 is 15.9 Å². The van der Waals surface area contributed by atoms with Crippen molar-refractivity contribution in [3.8, 4) is 5.75 Å². The third-order valence-corrected chi connectivity index (χ3v) is 3.57. The lowest BCUT2D eigenvalue weighted by Gasteiger charge is -2.21. The quantitative estimate of drug-likeness (QED) is 0.779. The summed E-state index contributed by atoms with van der Waals surface area (Å²) in [4.78, 5) is 0. The van der Waals surface area contributed by atoms with E-state index in [0.29, 0.717) is 11.5 Å². The van der Waals surface area contributed by atoms with Crippen molar-refractivity contribution in [2.45, 2.75) is 60.5 Å². The largest absolute Gasteiger partial charge is 0.493 e. The first-order valence-corrected chi connectivity index (χ1v) is 8.13. The van der Waals surface area contributed by atoms with Gasteiger partial charge in [0, 0.05) is 22.6 Å². The molecule has 0 heterocycles. The molecule has 0 aliphatic heterocycles. The van der Waals surface area contributed by atoms with Crippen molar-refractivity contribution in [1.82, 2.24) is 5.32 Å². The van der Waals surface area contributed by atoms with Crippen LogP contribution in [0.15, 0.2) is 16.6 Å². The van der Waals surface area contributed by atoms with Gasteiger partial charge < -0.3 is 10.1 Å². The highest BCUT2D eigenvalue weighted by Gasteiger charge is 2.13. The molecule has 2 nitrogen and oxygen atoms in total. The second-order valence-corrected chi connectivity index (χ2v) is 7.82. The third kappa shape index (κ3) is 6.27. The zero-order valence-corrected chi connectivity index (χ0v) is 15.2.